The van der Waals surface area contributed by atoms with E-state index in [1.165, 1.54) is 0 Å². The van der Waals surface area contributed by atoms with Crippen LogP contribution in [-0.4, -0.2) is 40.4 Å². The molecule has 2 heterocycles. The van der Waals surface area contributed by atoms with E-state index in [4.69, 9.17) is 0 Å². The average molecular weight is 329 g/mol. The molecule has 126 valence electrons. The summed E-state index contributed by atoms with van der Waals surface area (Å²) in [6.45, 7) is 0.476. The number of amides is 4. The lowest BCUT2D eigenvalue weighted by Gasteiger charge is -2.14. The van der Waals surface area contributed by atoms with Crippen LogP contribution >= 0.6 is 0 Å². The summed E-state index contributed by atoms with van der Waals surface area (Å²) in [5.41, 5.74) is 1.92. The molecule has 24 heavy (non-hydrogen) atoms. The first-order valence-corrected chi connectivity index (χ1v) is 7.93. The molecule has 0 aliphatic carbocycles. The van der Waals surface area contributed by atoms with Crippen LogP contribution in [0, 0.1) is 0 Å². The van der Waals surface area contributed by atoms with E-state index in [0.717, 1.165) is 23.3 Å². The van der Waals surface area contributed by atoms with Crippen LogP contribution in [0.25, 0.3) is 11.0 Å². The molecule has 0 saturated carbocycles. The van der Waals surface area contributed by atoms with Crippen LogP contribution < -0.4 is 16.0 Å². The van der Waals surface area contributed by atoms with Gasteiger partial charge in [-0.2, -0.15) is 0 Å². The van der Waals surface area contributed by atoms with E-state index in [-0.39, 0.29) is 18.2 Å². The van der Waals surface area contributed by atoms with E-state index < -0.39 is 12.1 Å². The van der Waals surface area contributed by atoms with Crippen LogP contribution in [0.15, 0.2) is 24.3 Å². The van der Waals surface area contributed by atoms with Gasteiger partial charge in [0.25, 0.3) is 0 Å². The van der Waals surface area contributed by atoms with Crippen molar-refractivity contribution < 1.29 is 14.4 Å². The predicted octanol–water partition coefficient (Wildman–Crippen LogP) is 0.600. The van der Waals surface area contributed by atoms with E-state index in [0.29, 0.717) is 19.4 Å². The quantitative estimate of drug-likeness (QED) is 0.601. The summed E-state index contributed by atoms with van der Waals surface area (Å²) < 4.78 is 0. The molecule has 1 fully saturated rings. The van der Waals surface area contributed by atoms with Gasteiger partial charge in [0, 0.05) is 19.4 Å². The second-order valence-electron chi connectivity index (χ2n) is 5.71. The third-order valence-corrected chi connectivity index (χ3v) is 3.86. The number of imide groups is 1. The van der Waals surface area contributed by atoms with Gasteiger partial charge in [-0.25, -0.2) is 9.78 Å². The number of urea groups is 1. The molecule has 8 nitrogen and oxygen atoms in total. The Hall–Kier alpha value is -2.90. The van der Waals surface area contributed by atoms with E-state index in [1.54, 1.807) is 0 Å². The van der Waals surface area contributed by atoms with Gasteiger partial charge in [-0.15, -0.1) is 0 Å². The number of hydrogen-bond acceptors (Lipinski definition) is 4. The van der Waals surface area contributed by atoms with Gasteiger partial charge in [0.1, 0.15) is 11.9 Å². The zero-order chi connectivity index (χ0) is 16.9. The lowest BCUT2D eigenvalue weighted by atomic mass is 10.1. The number of rotatable bonds is 5. The zero-order valence-electron chi connectivity index (χ0n) is 13.1. The monoisotopic (exact) mass is 329 g/mol. The molecule has 8 heteroatoms. The summed E-state index contributed by atoms with van der Waals surface area (Å²) in [5, 5.41) is 7.42. The largest absolute Gasteiger partial charge is 0.354 e. The smallest absolute Gasteiger partial charge is 0.322 e. The SMILES string of the molecule is O=C1CCC(C(=O)NCCCc2nc3ccccc3[nH]2)NC(=O)N1. The highest BCUT2D eigenvalue weighted by molar-refractivity contribution is 5.98. The number of fused-ring (bicyclic) bond motifs is 1. The first kappa shape index (κ1) is 16.0. The second-order valence-corrected chi connectivity index (χ2v) is 5.71. The maximum atomic E-state index is 12.1. The Morgan fingerprint density at radius 3 is 2.96 bits per heavy atom. The van der Waals surface area contributed by atoms with Crippen LogP contribution in [0.4, 0.5) is 4.79 Å². The average Bonchev–Trinajstić information content (AvgIpc) is 2.89. The molecular weight excluding hydrogens is 310 g/mol. The van der Waals surface area contributed by atoms with Crippen LogP contribution in [0.5, 0.6) is 0 Å². The van der Waals surface area contributed by atoms with Gasteiger partial charge in [-0.05, 0) is 25.0 Å². The van der Waals surface area contributed by atoms with Crippen LogP contribution in [-0.2, 0) is 16.0 Å². The Kier molecular flexibility index (Phi) is 4.74. The van der Waals surface area contributed by atoms with Crippen molar-refractivity contribution in [3.8, 4) is 0 Å². The van der Waals surface area contributed by atoms with Crippen molar-refractivity contribution in [2.24, 2.45) is 0 Å². The minimum Gasteiger partial charge on any atom is -0.354 e. The fraction of sp³-hybridized carbons (Fsp3) is 0.375. The van der Waals surface area contributed by atoms with Gasteiger partial charge in [-0.3, -0.25) is 14.9 Å². The molecule has 0 spiro atoms. The van der Waals surface area contributed by atoms with Crippen molar-refractivity contribution in [2.45, 2.75) is 31.7 Å². The van der Waals surface area contributed by atoms with Crippen molar-refractivity contribution in [1.29, 1.82) is 0 Å². The van der Waals surface area contributed by atoms with Crippen LogP contribution in [0.1, 0.15) is 25.1 Å². The highest BCUT2D eigenvalue weighted by Crippen LogP contribution is 2.11. The van der Waals surface area contributed by atoms with Gasteiger partial charge in [0.15, 0.2) is 0 Å². The molecule has 1 aromatic carbocycles. The van der Waals surface area contributed by atoms with E-state index in [2.05, 4.69) is 25.9 Å². The second kappa shape index (κ2) is 7.12. The normalized spacial score (nSPS) is 17.9. The summed E-state index contributed by atoms with van der Waals surface area (Å²) in [6, 6.07) is 6.50. The van der Waals surface area contributed by atoms with Crippen molar-refractivity contribution >= 4 is 28.9 Å². The molecule has 1 aliphatic heterocycles. The maximum absolute atomic E-state index is 12.1. The molecule has 0 bridgehead atoms. The Morgan fingerprint density at radius 1 is 1.29 bits per heavy atom. The summed E-state index contributed by atoms with van der Waals surface area (Å²) in [5.74, 6) is 0.236. The number of aryl methyl sites for hydroxylation is 1. The van der Waals surface area contributed by atoms with Gasteiger partial charge >= 0.3 is 6.03 Å². The molecule has 4 N–H and O–H groups in total. The molecule has 1 atom stereocenters. The van der Waals surface area contributed by atoms with Crippen molar-refractivity contribution in [3.05, 3.63) is 30.1 Å². The van der Waals surface area contributed by atoms with Crippen LogP contribution in [0.3, 0.4) is 0 Å². The zero-order valence-corrected chi connectivity index (χ0v) is 13.1. The van der Waals surface area contributed by atoms with Crippen molar-refractivity contribution in [2.75, 3.05) is 6.54 Å². The highest BCUT2D eigenvalue weighted by Gasteiger charge is 2.25. The lowest BCUT2D eigenvalue weighted by molar-refractivity contribution is -0.123. The van der Waals surface area contributed by atoms with E-state index in [1.807, 2.05) is 24.3 Å². The number of aromatic nitrogens is 2. The molecule has 4 amide bonds. The Morgan fingerprint density at radius 2 is 2.12 bits per heavy atom. The fourth-order valence-electron chi connectivity index (χ4n) is 2.64. The Balaban J connectivity index is 1.44. The van der Waals surface area contributed by atoms with E-state index in [9.17, 15) is 14.4 Å². The summed E-state index contributed by atoms with van der Waals surface area (Å²) >= 11 is 0. The molecule has 2 aromatic rings. The summed E-state index contributed by atoms with van der Waals surface area (Å²) in [6.07, 6.45) is 1.89. The molecular formula is C16H19N5O3. The van der Waals surface area contributed by atoms with Crippen molar-refractivity contribution in [1.82, 2.24) is 25.9 Å². The first-order valence-electron chi connectivity index (χ1n) is 7.93. The van der Waals surface area contributed by atoms with Crippen LogP contribution in [0.2, 0.25) is 0 Å². The number of benzene rings is 1. The number of hydrogen-bond donors (Lipinski definition) is 4. The number of para-hydroxylation sites is 2. The first-order chi connectivity index (χ1) is 11.6. The molecule has 1 aliphatic rings. The molecule has 0 radical (unpaired) electrons. The number of aromatic amines is 1. The number of H-pyrrole nitrogens is 1. The topological polar surface area (TPSA) is 116 Å². The number of nitrogens with zero attached hydrogens (tertiary/aromatic N) is 1. The Bertz CT molecular complexity index is 737. The standard InChI is InChI=1S/C16H19N5O3/c22-14-8-7-12(20-16(24)21-14)15(23)17-9-3-6-13-18-10-4-1-2-5-11(10)19-13/h1-2,4-5,12H,3,6-9H2,(H,17,23)(H,18,19)(H2,20,21,22,24). The van der Waals surface area contributed by atoms with Gasteiger partial charge in [0.2, 0.25) is 11.8 Å². The number of nitrogens with one attached hydrogen (secondary N) is 4. The molecule has 1 unspecified atom stereocenters. The van der Waals surface area contributed by atoms with Gasteiger partial charge < -0.3 is 15.6 Å². The third-order valence-electron chi connectivity index (χ3n) is 3.86. The predicted molar refractivity (Wildman–Crippen MR) is 87.1 cm³/mol. The number of imidazole rings is 1. The van der Waals surface area contributed by atoms with Gasteiger partial charge in [0.05, 0.1) is 11.0 Å². The van der Waals surface area contributed by atoms with Gasteiger partial charge in [-0.1, -0.05) is 12.1 Å². The molecule has 3 rings (SSSR count). The highest BCUT2D eigenvalue weighted by atomic mass is 16.2. The molecule has 1 saturated heterocycles. The number of carbonyl (C=O) groups excluding carboxylic acids is 3. The van der Waals surface area contributed by atoms with E-state index >= 15 is 0 Å². The Labute approximate surface area is 138 Å². The summed E-state index contributed by atoms with van der Waals surface area (Å²) in [4.78, 5) is 42.4. The third kappa shape index (κ3) is 3.89. The minimum absolute atomic E-state index is 0.149. The maximum Gasteiger partial charge on any atom is 0.322 e. The lowest BCUT2D eigenvalue weighted by Crippen LogP contribution is -2.48. The summed E-state index contributed by atoms with van der Waals surface area (Å²) in [7, 11) is 0. The van der Waals surface area contributed by atoms with Crippen molar-refractivity contribution in [3.63, 3.8) is 0 Å². The number of carbonyl (C=O) groups is 3. The molecule has 1 aromatic heterocycles. The minimum atomic E-state index is -0.678. The fourth-order valence-corrected chi connectivity index (χ4v) is 2.64.